The Bertz CT molecular complexity index is 264. The highest BCUT2D eigenvalue weighted by Crippen LogP contribution is 2.21. The summed E-state index contributed by atoms with van der Waals surface area (Å²) in [6.45, 7) is 6.57. The van der Waals surface area contributed by atoms with Crippen LogP contribution in [0, 0.1) is 5.92 Å². The third kappa shape index (κ3) is 2.85. The molecule has 0 bridgehead atoms. The fourth-order valence-electron chi connectivity index (χ4n) is 1.68. The summed E-state index contributed by atoms with van der Waals surface area (Å²) in [5.74, 6) is 0.558. The van der Waals surface area contributed by atoms with Gasteiger partial charge in [0.1, 0.15) is 0 Å². The van der Waals surface area contributed by atoms with Crippen molar-refractivity contribution in [2.45, 2.75) is 39.2 Å². The van der Waals surface area contributed by atoms with Crippen molar-refractivity contribution in [1.82, 2.24) is 0 Å². The quantitative estimate of drug-likeness (QED) is 0.778. The maximum atomic E-state index is 6.30. The highest BCUT2D eigenvalue weighted by molar-refractivity contribution is 5.17. The van der Waals surface area contributed by atoms with Gasteiger partial charge in [0, 0.05) is 5.54 Å². The van der Waals surface area contributed by atoms with Gasteiger partial charge >= 0.3 is 0 Å². The number of nitrogens with two attached hydrogens (primary N) is 1. The summed E-state index contributed by atoms with van der Waals surface area (Å²) < 4.78 is 0. The minimum Gasteiger partial charge on any atom is -0.325 e. The number of benzene rings is 1. The van der Waals surface area contributed by atoms with Crippen LogP contribution in [0.1, 0.15) is 32.8 Å². The highest BCUT2D eigenvalue weighted by atomic mass is 14.7. The van der Waals surface area contributed by atoms with Crippen molar-refractivity contribution in [3.05, 3.63) is 35.9 Å². The van der Waals surface area contributed by atoms with E-state index in [0.717, 1.165) is 12.8 Å². The van der Waals surface area contributed by atoms with Gasteiger partial charge in [0.05, 0.1) is 0 Å². The van der Waals surface area contributed by atoms with E-state index in [2.05, 4.69) is 45.0 Å². The molecule has 2 N–H and O–H groups in total. The molecule has 2 atom stereocenters. The Morgan fingerprint density at radius 2 is 1.86 bits per heavy atom. The Labute approximate surface area is 87.3 Å². The van der Waals surface area contributed by atoms with Crippen LogP contribution in [0.15, 0.2) is 30.3 Å². The van der Waals surface area contributed by atoms with Gasteiger partial charge in [-0.15, -0.1) is 0 Å². The summed E-state index contributed by atoms with van der Waals surface area (Å²) in [4.78, 5) is 0. The van der Waals surface area contributed by atoms with E-state index in [4.69, 9.17) is 5.73 Å². The van der Waals surface area contributed by atoms with Crippen molar-refractivity contribution < 1.29 is 0 Å². The van der Waals surface area contributed by atoms with Gasteiger partial charge in [-0.25, -0.2) is 0 Å². The first-order chi connectivity index (χ1) is 6.56. The molecule has 0 fully saturated rings. The van der Waals surface area contributed by atoms with Crippen LogP contribution in [-0.4, -0.2) is 5.54 Å². The highest BCUT2D eigenvalue weighted by Gasteiger charge is 2.24. The van der Waals surface area contributed by atoms with E-state index in [0.29, 0.717) is 5.92 Å². The van der Waals surface area contributed by atoms with Gasteiger partial charge in [0.2, 0.25) is 0 Å². The lowest BCUT2D eigenvalue weighted by atomic mass is 9.81. The largest absolute Gasteiger partial charge is 0.325 e. The van der Waals surface area contributed by atoms with Gasteiger partial charge in [-0.2, -0.15) is 0 Å². The molecule has 14 heavy (non-hydrogen) atoms. The predicted octanol–water partition coefficient (Wildman–Crippen LogP) is 2.99. The van der Waals surface area contributed by atoms with Crippen LogP contribution in [0.3, 0.4) is 0 Å². The average molecular weight is 191 g/mol. The zero-order valence-electron chi connectivity index (χ0n) is 9.46. The summed E-state index contributed by atoms with van der Waals surface area (Å²) in [7, 11) is 0. The molecule has 0 radical (unpaired) electrons. The molecular weight excluding hydrogens is 170 g/mol. The van der Waals surface area contributed by atoms with Crippen molar-refractivity contribution in [3.8, 4) is 0 Å². The summed E-state index contributed by atoms with van der Waals surface area (Å²) >= 11 is 0. The molecule has 1 aromatic carbocycles. The summed E-state index contributed by atoms with van der Waals surface area (Å²) in [6, 6.07) is 10.5. The number of hydrogen-bond acceptors (Lipinski definition) is 1. The zero-order chi connectivity index (χ0) is 10.6. The average Bonchev–Trinajstić information content (AvgIpc) is 2.17. The van der Waals surface area contributed by atoms with Crippen LogP contribution in [0.25, 0.3) is 0 Å². The molecule has 2 unspecified atom stereocenters. The topological polar surface area (TPSA) is 26.0 Å². The van der Waals surface area contributed by atoms with Crippen LogP contribution in [0.5, 0.6) is 0 Å². The minimum absolute atomic E-state index is 0.0872. The molecule has 1 heteroatoms. The first-order valence-electron chi connectivity index (χ1n) is 5.39. The fourth-order valence-corrected chi connectivity index (χ4v) is 1.68. The Hall–Kier alpha value is -0.820. The monoisotopic (exact) mass is 191 g/mol. The Morgan fingerprint density at radius 3 is 2.36 bits per heavy atom. The van der Waals surface area contributed by atoms with E-state index in [1.165, 1.54) is 5.56 Å². The summed E-state index contributed by atoms with van der Waals surface area (Å²) in [5, 5.41) is 0. The normalized spacial score (nSPS) is 17.4. The Morgan fingerprint density at radius 1 is 1.29 bits per heavy atom. The molecule has 1 rings (SSSR count). The second-order valence-electron chi connectivity index (χ2n) is 4.48. The molecule has 0 heterocycles. The van der Waals surface area contributed by atoms with Gasteiger partial charge in [0.25, 0.3) is 0 Å². The lowest BCUT2D eigenvalue weighted by Crippen LogP contribution is -2.44. The smallest absolute Gasteiger partial charge is 0.0192 e. The van der Waals surface area contributed by atoms with Crippen LogP contribution in [-0.2, 0) is 6.42 Å². The first-order valence-corrected chi connectivity index (χ1v) is 5.39. The van der Waals surface area contributed by atoms with Crippen LogP contribution in [0.4, 0.5) is 0 Å². The zero-order valence-corrected chi connectivity index (χ0v) is 9.46. The minimum atomic E-state index is -0.0872. The van der Waals surface area contributed by atoms with Crippen LogP contribution >= 0.6 is 0 Å². The Kier molecular flexibility index (Phi) is 3.70. The molecule has 0 saturated heterocycles. The van der Waals surface area contributed by atoms with E-state index < -0.39 is 0 Å². The molecule has 0 aliphatic rings. The van der Waals surface area contributed by atoms with Crippen LogP contribution < -0.4 is 5.73 Å². The fraction of sp³-hybridized carbons (Fsp3) is 0.538. The Balaban J connectivity index is 2.68. The molecule has 0 aliphatic heterocycles. The molecule has 0 saturated carbocycles. The van der Waals surface area contributed by atoms with E-state index in [9.17, 15) is 0 Å². The van der Waals surface area contributed by atoms with Crippen molar-refractivity contribution in [2.24, 2.45) is 11.7 Å². The molecule has 0 aromatic heterocycles. The molecular formula is C13H21N. The van der Waals surface area contributed by atoms with Gasteiger partial charge in [-0.3, -0.25) is 0 Å². The van der Waals surface area contributed by atoms with Gasteiger partial charge < -0.3 is 5.73 Å². The molecule has 1 nitrogen and oxygen atoms in total. The lowest BCUT2D eigenvalue weighted by Gasteiger charge is -2.31. The van der Waals surface area contributed by atoms with E-state index in [-0.39, 0.29) is 5.54 Å². The van der Waals surface area contributed by atoms with Gasteiger partial charge in [-0.05, 0) is 24.8 Å². The SMILES string of the molecule is CCC(C)C(C)(N)Cc1ccccc1. The second kappa shape index (κ2) is 4.61. The lowest BCUT2D eigenvalue weighted by molar-refractivity contribution is 0.306. The molecule has 0 aliphatic carbocycles. The van der Waals surface area contributed by atoms with Crippen molar-refractivity contribution in [1.29, 1.82) is 0 Å². The van der Waals surface area contributed by atoms with Gasteiger partial charge in [0.15, 0.2) is 0 Å². The third-order valence-corrected chi connectivity index (χ3v) is 3.17. The van der Waals surface area contributed by atoms with Crippen molar-refractivity contribution in [3.63, 3.8) is 0 Å². The summed E-state index contributed by atoms with van der Waals surface area (Å²) in [5.41, 5.74) is 7.55. The maximum absolute atomic E-state index is 6.30. The predicted molar refractivity (Wildman–Crippen MR) is 62.2 cm³/mol. The van der Waals surface area contributed by atoms with Gasteiger partial charge in [-0.1, -0.05) is 50.6 Å². The number of hydrogen-bond donors (Lipinski definition) is 1. The van der Waals surface area contributed by atoms with E-state index in [1.54, 1.807) is 0 Å². The maximum Gasteiger partial charge on any atom is 0.0192 e. The molecule has 1 aromatic rings. The van der Waals surface area contributed by atoms with Crippen molar-refractivity contribution in [2.75, 3.05) is 0 Å². The van der Waals surface area contributed by atoms with Crippen molar-refractivity contribution >= 4 is 0 Å². The molecule has 0 amide bonds. The third-order valence-electron chi connectivity index (χ3n) is 3.17. The molecule has 78 valence electrons. The van der Waals surface area contributed by atoms with E-state index in [1.807, 2.05) is 6.07 Å². The molecule has 0 spiro atoms. The summed E-state index contributed by atoms with van der Waals surface area (Å²) in [6.07, 6.45) is 2.10. The standard InChI is InChI=1S/C13H21N/c1-4-11(2)13(3,14)10-12-8-6-5-7-9-12/h5-9,11H,4,10,14H2,1-3H3. The van der Waals surface area contributed by atoms with Crippen LogP contribution in [0.2, 0.25) is 0 Å². The second-order valence-corrected chi connectivity index (χ2v) is 4.48. The van der Waals surface area contributed by atoms with E-state index >= 15 is 0 Å². The number of rotatable bonds is 4. The first kappa shape index (κ1) is 11.3.